The highest BCUT2D eigenvalue weighted by Crippen LogP contribution is 2.21. The largest absolute Gasteiger partial charge is 0.383 e. The maximum absolute atomic E-state index is 12.4. The summed E-state index contributed by atoms with van der Waals surface area (Å²) in [6.07, 6.45) is 2.26. The van der Waals surface area contributed by atoms with Gasteiger partial charge in [-0.3, -0.25) is 4.79 Å². The zero-order valence-corrected chi connectivity index (χ0v) is 10.7. The fraction of sp³-hybridized carbons (Fsp3) is 0.833. The highest BCUT2D eigenvalue weighted by Gasteiger charge is 2.38. The molecule has 0 aliphatic carbocycles. The van der Waals surface area contributed by atoms with Crippen molar-refractivity contribution in [2.24, 2.45) is 0 Å². The van der Waals surface area contributed by atoms with E-state index in [-0.39, 0.29) is 5.91 Å². The Labute approximate surface area is 103 Å². The van der Waals surface area contributed by atoms with Crippen LogP contribution >= 0.6 is 0 Å². The van der Waals surface area contributed by atoms with Crippen LogP contribution in [0.2, 0.25) is 0 Å². The Morgan fingerprint density at radius 1 is 1.59 bits per heavy atom. The third-order valence-corrected chi connectivity index (χ3v) is 3.19. The van der Waals surface area contributed by atoms with Gasteiger partial charge >= 0.3 is 0 Å². The van der Waals surface area contributed by atoms with Crippen molar-refractivity contribution in [3.8, 4) is 6.07 Å². The molecule has 1 heterocycles. The van der Waals surface area contributed by atoms with Gasteiger partial charge in [0.1, 0.15) is 0 Å². The van der Waals surface area contributed by atoms with Crippen molar-refractivity contribution < 1.29 is 9.53 Å². The number of hydrogen-bond acceptors (Lipinski definition) is 4. The van der Waals surface area contributed by atoms with Crippen LogP contribution in [0.15, 0.2) is 0 Å². The van der Waals surface area contributed by atoms with E-state index in [9.17, 15) is 4.79 Å². The van der Waals surface area contributed by atoms with E-state index in [1.807, 2.05) is 6.92 Å². The van der Waals surface area contributed by atoms with E-state index in [0.717, 1.165) is 19.4 Å². The summed E-state index contributed by atoms with van der Waals surface area (Å²) in [5.41, 5.74) is -0.455. The Balaban J connectivity index is 2.61. The number of ether oxygens (including phenoxy) is 1. The van der Waals surface area contributed by atoms with E-state index < -0.39 is 5.54 Å². The van der Waals surface area contributed by atoms with E-state index in [1.54, 1.807) is 12.0 Å². The van der Waals surface area contributed by atoms with E-state index in [4.69, 9.17) is 10.00 Å². The summed E-state index contributed by atoms with van der Waals surface area (Å²) in [6.45, 7) is 4.37. The summed E-state index contributed by atoms with van der Waals surface area (Å²) >= 11 is 0. The minimum absolute atomic E-state index is 0.0855. The van der Waals surface area contributed by atoms with Gasteiger partial charge in [-0.2, -0.15) is 5.26 Å². The summed E-state index contributed by atoms with van der Waals surface area (Å²) in [6, 6.07) is 2.08. The van der Waals surface area contributed by atoms with Crippen molar-refractivity contribution in [3.05, 3.63) is 0 Å². The molecule has 0 aromatic carbocycles. The van der Waals surface area contributed by atoms with Crippen LogP contribution in [0, 0.1) is 11.3 Å². The second kappa shape index (κ2) is 6.58. The van der Waals surface area contributed by atoms with Crippen molar-refractivity contribution in [2.75, 3.05) is 33.4 Å². The quantitative estimate of drug-likeness (QED) is 0.733. The fourth-order valence-corrected chi connectivity index (χ4v) is 2.13. The molecule has 96 valence electrons. The predicted molar refractivity (Wildman–Crippen MR) is 64.3 cm³/mol. The molecular weight excluding hydrogens is 218 g/mol. The average Bonchev–Trinajstić information content (AvgIpc) is 2.77. The van der Waals surface area contributed by atoms with Crippen LogP contribution in [-0.2, 0) is 9.53 Å². The van der Waals surface area contributed by atoms with Crippen molar-refractivity contribution in [3.63, 3.8) is 0 Å². The highest BCUT2D eigenvalue weighted by atomic mass is 16.5. The van der Waals surface area contributed by atoms with Gasteiger partial charge in [0, 0.05) is 20.2 Å². The lowest BCUT2D eigenvalue weighted by atomic mass is 9.98. The summed E-state index contributed by atoms with van der Waals surface area (Å²) in [5.74, 6) is 0.0855. The molecule has 1 amide bonds. The molecule has 1 N–H and O–H groups in total. The van der Waals surface area contributed by atoms with E-state index in [1.165, 1.54) is 0 Å². The number of carbonyl (C=O) groups excluding carboxylic acids is 1. The Hall–Kier alpha value is -1.12. The number of nitrogens with one attached hydrogen (secondary N) is 1. The number of methoxy groups -OCH3 is 1. The maximum atomic E-state index is 12.4. The minimum atomic E-state index is -0.455. The lowest BCUT2D eigenvalue weighted by Gasteiger charge is -2.31. The summed E-state index contributed by atoms with van der Waals surface area (Å²) in [5, 5.41) is 11.9. The third kappa shape index (κ3) is 3.69. The van der Waals surface area contributed by atoms with E-state index >= 15 is 0 Å². The number of nitriles is 1. The molecule has 1 aliphatic rings. The molecule has 1 saturated heterocycles. The van der Waals surface area contributed by atoms with Crippen molar-refractivity contribution in [1.29, 1.82) is 5.26 Å². The van der Waals surface area contributed by atoms with Crippen LogP contribution in [0.1, 0.15) is 26.2 Å². The molecule has 5 nitrogen and oxygen atoms in total. The minimum Gasteiger partial charge on any atom is -0.383 e. The van der Waals surface area contributed by atoms with Gasteiger partial charge in [-0.25, -0.2) is 0 Å². The van der Waals surface area contributed by atoms with E-state index in [0.29, 0.717) is 26.1 Å². The number of carbonyl (C=O) groups is 1. The van der Waals surface area contributed by atoms with Gasteiger partial charge in [-0.05, 0) is 26.3 Å². The zero-order chi connectivity index (χ0) is 12.7. The monoisotopic (exact) mass is 239 g/mol. The van der Waals surface area contributed by atoms with Crippen LogP contribution in [0.5, 0.6) is 0 Å². The molecule has 1 atom stereocenters. The molecule has 5 heteroatoms. The van der Waals surface area contributed by atoms with Gasteiger partial charge in [0.25, 0.3) is 0 Å². The van der Waals surface area contributed by atoms with Gasteiger partial charge in [0.2, 0.25) is 5.91 Å². The predicted octanol–water partition coefficient (Wildman–Crippen LogP) is 0.517. The average molecular weight is 239 g/mol. The third-order valence-electron chi connectivity index (χ3n) is 3.19. The summed E-state index contributed by atoms with van der Waals surface area (Å²) < 4.78 is 5.00. The molecule has 1 fully saturated rings. The lowest BCUT2D eigenvalue weighted by Crippen LogP contribution is -2.53. The molecule has 17 heavy (non-hydrogen) atoms. The molecule has 0 radical (unpaired) electrons. The maximum Gasteiger partial charge on any atom is 0.242 e. The SMILES string of the molecule is COCCN(CCC#N)C(=O)C1(C)CCCN1. The molecule has 0 saturated carbocycles. The molecule has 0 bridgehead atoms. The van der Waals surface area contributed by atoms with E-state index in [2.05, 4.69) is 11.4 Å². The summed E-state index contributed by atoms with van der Waals surface area (Å²) in [7, 11) is 1.61. The fourth-order valence-electron chi connectivity index (χ4n) is 2.13. The smallest absolute Gasteiger partial charge is 0.242 e. The van der Waals surface area contributed by atoms with Crippen molar-refractivity contribution in [1.82, 2.24) is 10.2 Å². The molecule has 0 spiro atoms. The van der Waals surface area contributed by atoms with Gasteiger partial charge in [0.15, 0.2) is 0 Å². The Morgan fingerprint density at radius 3 is 2.88 bits per heavy atom. The van der Waals surface area contributed by atoms with Crippen LogP contribution < -0.4 is 5.32 Å². The molecule has 0 aromatic heterocycles. The second-order valence-electron chi connectivity index (χ2n) is 4.56. The van der Waals surface area contributed by atoms with Gasteiger partial charge in [-0.15, -0.1) is 0 Å². The first-order valence-electron chi connectivity index (χ1n) is 6.04. The van der Waals surface area contributed by atoms with Gasteiger partial charge in [-0.1, -0.05) is 0 Å². The lowest BCUT2D eigenvalue weighted by molar-refractivity contribution is -0.137. The standard InChI is InChI=1S/C12H21N3O2/c1-12(5-3-7-14-12)11(16)15(8-4-6-13)9-10-17-2/h14H,3-5,7-10H2,1-2H3. The second-order valence-corrected chi connectivity index (χ2v) is 4.56. The normalized spacial score (nSPS) is 23.4. The Morgan fingerprint density at radius 2 is 2.35 bits per heavy atom. The molecule has 1 aliphatic heterocycles. The van der Waals surface area contributed by atoms with Crippen molar-refractivity contribution in [2.45, 2.75) is 31.7 Å². The van der Waals surface area contributed by atoms with Crippen LogP contribution in [-0.4, -0.2) is 49.7 Å². The zero-order valence-electron chi connectivity index (χ0n) is 10.7. The number of hydrogen-bond donors (Lipinski definition) is 1. The van der Waals surface area contributed by atoms with Crippen LogP contribution in [0.3, 0.4) is 0 Å². The molecular formula is C12H21N3O2. The number of amides is 1. The Kier molecular flexibility index (Phi) is 5.39. The summed E-state index contributed by atoms with van der Waals surface area (Å²) in [4.78, 5) is 14.1. The number of nitrogens with zero attached hydrogens (tertiary/aromatic N) is 2. The first-order chi connectivity index (χ1) is 8.14. The van der Waals surface area contributed by atoms with Crippen LogP contribution in [0.4, 0.5) is 0 Å². The molecule has 1 rings (SSSR count). The van der Waals surface area contributed by atoms with Crippen LogP contribution in [0.25, 0.3) is 0 Å². The van der Waals surface area contributed by atoms with Gasteiger partial charge < -0.3 is 15.0 Å². The first-order valence-corrected chi connectivity index (χ1v) is 6.04. The Bertz CT molecular complexity index is 293. The topological polar surface area (TPSA) is 65.4 Å². The first kappa shape index (κ1) is 13.9. The van der Waals surface area contributed by atoms with Crippen molar-refractivity contribution >= 4 is 5.91 Å². The number of rotatable bonds is 6. The highest BCUT2D eigenvalue weighted by molar-refractivity contribution is 5.86. The molecule has 0 aromatic rings. The van der Waals surface area contributed by atoms with Gasteiger partial charge in [0.05, 0.1) is 24.6 Å². The molecule has 1 unspecified atom stereocenters.